The minimum atomic E-state index is -3.88. The molecule has 2 saturated heterocycles. The summed E-state index contributed by atoms with van der Waals surface area (Å²) in [5.74, 6) is 0.281. The number of hydrogen-bond acceptors (Lipinski definition) is 6. The van der Waals surface area contributed by atoms with Crippen LogP contribution in [0.3, 0.4) is 0 Å². The topological polar surface area (TPSA) is 116 Å². The van der Waals surface area contributed by atoms with E-state index in [9.17, 15) is 18.5 Å². The smallest absolute Gasteiger partial charge is 0.289 e. The number of ether oxygens (including phenoxy) is 1. The molecule has 0 radical (unpaired) electrons. The summed E-state index contributed by atoms with van der Waals surface area (Å²) in [6.07, 6.45) is 3.11. The van der Waals surface area contributed by atoms with Crippen LogP contribution in [-0.2, 0) is 14.8 Å². The van der Waals surface area contributed by atoms with E-state index in [1.807, 2.05) is 0 Å². The molecule has 2 aliphatic rings. The van der Waals surface area contributed by atoms with Crippen LogP contribution in [0.2, 0.25) is 0 Å². The Hall–Kier alpha value is -1.55. The highest BCUT2D eigenvalue weighted by Crippen LogP contribution is 2.32. The first kappa shape index (κ1) is 18.2. The summed E-state index contributed by atoms with van der Waals surface area (Å²) in [5.41, 5.74) is 5.62. The fraction of sp³-hybridized carbons (Fsp3) is 0.625. The second-order valence-electron chi connectivity index (χ2n) is 6.66. The molecular weight excluding hydrogens is 346 g/mol. The lowest BCUT2D eigenvalue weighted by molar-refractivity contribution is -0.387. The van der Waals surface area contributed by atoms with Crippen LogP contribution in [-0.4, -0.2) is 49.5 Å². The molecule has 0 saturated carbocycles. The van der Waals surface area contributed by atoms with Crippen LogP contribution in [0.1, 0.15) is 25.7 Å². The zero-order chi connectivity index (χ0) is 18.0. The largest absolute Gasteiger partial charge is 0.378 e. The van der Waals surface area contributed by atoms with E-state index < -0.39 is 14.9 Å². The van der Waals surface area contributed by atoms with Gasteiger partial charge in [0, 0.05) is 31.8 Å². The maximum absolute atomic E-state index is 12.8. The van der Waals surface area contributed by atoms with Gasteiger partial charge in [-0.05, 0) is 37.7 Å². The van der Waals surface area contributed by atoms with E-state index in [0.717, 1.165) is 12.8 Å². The molecule has 2 aliphatic heterocycles. The first-order valence-corrected chi connectivity index (χ1v) is 9.94. The number of hydrogen-bond donors (Lipinski definition) is 1. The van der Waals surface area contributed by atoms with Gasteiger partial charge in [-0.2, -0.15) is 4.31 Å². The number of nitrogens with zero attached hydrogens (tertiary/aromatic N) is 2. The number of nitrogens with two attached hydrogens (primary N) is 1. The second-order valence-corrected chi connectivity index (χ2v) is 8.57. The van der Waals surface area contributed by atoms with Gasteiger partial charge < -0.3 is 10.5 Å². The highest BCUT2D eigenvalue weighted by Gasteiger charge is 2.37. The fourth-order valence-electron chi connectivity index (χ4n) is 3.64. The van der Waals surface area contributed by atoms with Gasteiger partial charge in [0.25, 0.3) is 5.69 Å². The van der Waals surface area contributed by atoms with Crippen LogP contribution in [0.25, 0.3) is 0 Å². The summed E-state index contributed by atoms with van der Waals surface area (Å²) < 4.78 is 32.8. The van der Waals surface area contributed by atoms with E-state index in [1.54, 1.807) is 0 Å². The molecule has 0 bridgehead atoms. The highest BCUT2D eigenvalue weighted by atomic mass is 32.2. The number of benzene rings is 1. The lowest BCUT2D eigenvalue weighted by atomic mass is 9.87. The molecule has 1 aromatic carbocycles. The number of nitro benzene ring substituents is 1. The summed E-state index contributed by atoms with van der Waals surface area (Å²) in [7, 11) is -3.88. The van der Waals surface area contributed by atoms with Crippen molar-refractivity contribution in [3.05, 3.63) is 34.4 Å². The molecular formula is C16H23N3O5S. The van der Waals surface area contributed by atoms with Crippen molar-refractivity contribution in [2.24, 2.45) is 11.7 Å². The summed E-state index contributed by atoms with van der Waals surface area (Å²) in [5, 5.41) is 11.1. The molecule has 25 heavy (non-hydrogen) atoms. The quantitative estimate of drug-likeness (QED) is 0.635. The predicted octanol–water partition coefficient (Wildman–Crippen LogP) is 1.50. The first-order chi connectivity index (χ1) is 11.9. The third-order valence-electron chi connectivity index (χ3n) is 5.06. The SMILES string of the molecule is NC1CCOC(C2CCN(S(=O)(=O)c3ccccc3[N+](=O)[O-])CC2)C1. The summed E-state index contributed by atoms with van der Waals surface area (Å²) >= 11 is 0. The molecule has 0 aromatic heterocycles. The average Bonchev–Trinajstić information content (AvgIpc) is 2.62. The van der Waals surface area contributed by atoms with Gasteiger partial charge in [-0.1, -0.05) is 12.1 Å². The Morgan fingerprint density at radius 1 is 1.20 bits per heavy atom. The fourth-order valence-corrected chi connectivity index (χ4v) is 5.26. The first-order valence-electron chi connectivity index (χ1n) is 8.50. The lowest BCUT2D eigenvalue weighted by Gasteiger charge is -2.38. The summed E-state index contributed by atoms with van der Waals surface area (Å²) in [6.45, 7) is 1.34. The Labute approximate surface area is 147 Å². The molecule has 2 atom stereocenters. The number of nitro groups is 1. The minimum Gasteiger partial charge on any atom is -0.378 e. The number of para-hydroxylation sites is 1. The van der Waals surface area contributed by atoms with Crippen LogP contribution in [0, 0.1) is 16.0 Å². The molecule has 0 spiro atoms. The standard InChI is InChI=1S/C16H23N3O5S/c17-13-7-10-24-15(11-13)12-5-8-18(9-6-12)25(22,23)16-4-2-1-3-14(16)19(20)21/h1-4,12-13,15H,5-11,17H2. The summed E-state index contributed by atoms with van der Waals surface area (Å²) in [6, 6.07) is 5.63. The molecule has 1 aromatic rings. The maximum atomic E-state index is 12.8. The number of sulfonamides is 1. The van der Waals surface area contributed by atoms with Gasteiger partial charge in [-0.25, -0.2) is 8.42 Å². The third kappa shape index (κ3) is 3.84. The molecule has 2 unspecified atom stereocenters. The molecule has 0 aliphatic carbocycles. The number of piperidine rings is 1. The number of rotatable bonds is 4. The third-order valence-corrected chi connectivity index (χ3v) is 7.01. The zero-order valence-electron chi connectivity index (χ0n) is 13.9. The van der Waals surface area contributed by atoms with Gasteiger partial charge in [0.2, 0.25) is 10.0 Å². The highest BCUT2D eigenvalue weighted by molar-refractivity contribution is 7.89. The van der Waals surface area contributed by atoms with Crippen LogP contribution in [0.4, 0.5) is 5.69 Å². The van der Waals surface area contributed by atoms with Crippen LogP contribution < -0.4 is 5.73 Å². The van der Waals surface area contributed by atoms with E-state index in [4.69, 9.17) is 10.5 Å². The van der Waals surface area contributed by atoms with Crippen molar-refractivity contribution in [2.45, 2.75) is 42.7 Å². The average molecular weight is 369 g/mol. The van der Waals surface area contributed by atoms with Crippen molar-refractivity contribution >= 4 is 15.7 Å². The van der Waals surface area contributed by atoms with Gasteiger partial charge in [0.05, 0.1) is 11.0 Å². The van der Waals surface area contributed by atoms with Crippen LogP contribution in [0.15, 0.2) is 29.2 Å². The molecule has 2 heterocycles. The van der Waals surface area contributed by atoms with E-state index in [2.05, 4.69) is 0 Å². The Balaban J connectivity index is 1.71. The Kier molecular flexibility index (Phi) is 5.38. The molecule has 2 N–H and O–H groups in total. The van der Waals surface area contributed by atoms with Crippen molar-refractivity contribution in [2.75, 3.05) is 19.7 Å². The van der Waals surface area contributed by atoms with Gasteiger partial charge in [-0.15, -0.1) is 0 Å². The van der Waals surface area contributed by atoms with Crippen molar-refractivity contribution in [1.29, 1.82) is 0 Å². The maximum Gasteiger partial charge on any atom is 0.289 e. The van der Waals surface area contributed by atoms with Crippen LogP contribution >= 0.6 is 0 Å². The monoisotopic (exact) mass is 369 g/mol. The molecule has 3 rings (SSSR count). The van der Waals surface area contributed by atoms with Crippen LogP contribution in [0.5, 0.6) is 0 Å². The van der Waals surface area contributed by atoms with Gasteiger partial charge >= 0.3 is 0 Å². The van der Waals surface area contributed by atoms with Crippen molar-refractivity contribution in [1.82, 2.24) is 4.31 Å². The molecule has 8 nitrogen and oxygen atoms in total. The summed E-state index contributed by atoms with van der Waals surface area (Å²) in [4.78, 5) is 10.2. The Morgan fingerprint density at radius 3 is 2.52 bits per heavy atom. The van der Waals surface area contributed by atoms with Gasteiger partial charge in [0.1, 0.15) is 0 Å². The van der Waals surface area contributed by atoms with E-state index in [0.29, 0.717) is 32.5 Å². The molecule has 138 valence electrons. The minimum absolute atomic E-state index is 0.0830. The normalized spacial score (nSPS) is 26.4. The van der Waals surface area contributed by atoms with E-state index >= 15 is 0 Å². The van der Waals surface area contributed by atoms with E-state index in [1.165, 1.54) is 28.6 Å². The zero-order valence-corrected chi connectivity index (χ0v) is 14.7. The molecule has 2 fully saturated rings. The molecule has 0 amide bonds. The second kappa shape index (κ2) is 7.36. The van der Waals surface area contributed by atoms with E-state index in [-0.39, 0.29) is 28.6 Å². The van der Waals surface area contributed by atoms with Crippen molar-refractivity contribution in [3.8, 4) is 0 Å². The Morgan fingerprint density at radius 2 is 1.88 bits per heavy atom. The van der Waals surface area contributed by atoms with Crippen molar-refractivity contribution < 1.29 is 18.1 Å². The predicted molar refractivity (Wildman–Crippen MR) is 91.5 cm³/mol. The lowest BCUT2D eigenvalue weighted by Crippen LogP contribution is -2.45. The van der Waals surface area contributed by atoms with Gasteiger partial charge in [0.15, 0.2) is 4.90 Å². The molecule has 9 heteroatoms. The van der Waals surface area contributed by atoms with Gasteiger partial charge in [-0.3, -0.25) is 10.1 Å². The Bertz CT molecular complexity index is 731. The van der Waals surface area contributed by atoms with Crippen molar-refractivity contribution in [3.63, 3.8) is 0 Å².